The minimum absolute atomic E-state index is 0. The zero-order chi connectivity index (χ0) is 17.0. The van der Waals surface area contributed by atoms with Crippen LogP contribution in [0.25, 0.3) is 0 Å². The van der Waals surface area contributed by atoms with Crippen molar-refractivity contribution < 1.29 is 9.47 Å². The Labute approximate surface area is 168 Å². The van der Waals surface area contributed by atoms with E-state index in [0.717, 1.165) is 51.9 Å². The first-order chi connectivity index (χ1) is 11.8. The number of hydrogen-bond donors (Lipinski definition) is 2. The summed E-state index contributed by atoms with van der Waals surface area (Å²) in [7, 11) is 1.72. The highest BCUT2D eigenvalue weighted by Gasteiger charge is 2.09. The standard InChI is InChI=1S/C18H30N4O2.HI/c1-3-19-18(20-8-9-22-10-12-24-13-11-22)21-14-16-6-4-5-7-17(16)15-23-2;/h4-7H,3,8-15H2,1-2H3,(H2,19,20,21);1H. The summed E-state index contributed by atoms with van der Waals surface area (Å²) in [5.74, 6) is 0.859. The van der Waals surface area contributed by atoms with Crippen molar-refractivity contribution in [3.05, 3.63) is 35.4 Å². The Morgan fingerprint density at radius 1 is 1.20 bits per heavy atom. The Hall–Kier alpha value is -0.900. The zero-order valence-corrected chi connectivity index (χ0v) is 17.6. The van der Waals surface area contributed by atoms with Gasteiger partial charge in [0.2, 0.25) is 0 Å². The van der Waals surface area contributed by atoms with Gasteiger partial charge in [-0.3, -0.25) is 4.90 Å². The molecule has 0 saturated carbocycles. The van der Waals surface area contributed by atoms with Gasteiger partial charge in [0, 0.05) is 39.8 Å². The van der Waals surface area contributed by atoms with Crippen molar-refractivity contribution in [2.45, 2.75) is 20.1 Å². The van der Waals surface area contributed by atoms with Gasteiger partial charge in [0.05, 0.1) is 26.4 Å². The molecule has 2 rings (SSSR count). The SMILES string of the molecule is CCNC(=NCc1ccccc1COC)NCCN1CCOCC1.I. The predicted molar refractivity (Wildman–Crippen MR) is 113 cm³/mol. The first-order valence-corrected chi connectivity index (χ1v) is 8.71. The van der Waals surface area contributed by atoms with Crippen LogP contribution in [0.15, 0.2) is 29.3 Å². The average molecular weight is 462 g/mol. The first kappa shape index (κ1) is 22.1. The maximum atomic E-state index is 5.38. The highest BCUT2D eigenvalue weighted by atomic mass is 127. The van der Waals surface area contributed by atoms with E-state index in [1.54, 1.807) is 7.11 Å². The van der Waals surface area contributed by atoms with Crippen LogP contribution in [0.2, 0.25) is 0 Å². The Bertz CT molecular complexity index is 508. The van der Waals surface area contributed by atoms with Gasteiger partial charge in [-0.25, -0.2) is 4.99 Å². The molecule has 2 N–H and O–H groups in total. The largest absolute Gasteiger partial charge is 0.380 e. The van der Waals surface area contributed by atoms with E-state index in [1.165, 1.54) is 11.1 Å². The maximum absolute atomic E-state index is 5.38. The molecule has 0 aromatic heterocycles. The molecule has 7 heteroatoms. The summed E-state index contributed by atoms with van der Waals surface area (Å²) in [6, 6.07) is 8.28. The summed E-state index contributed by atoms with van der Waals surface area (Å²) in [6.07, 6.45) is 0. The van der Waals surface area contributed by atoms with Gasteiger partial charge in [-0.15, -0.1) is 24.0 Å². The monoisotopic (exact) mass is 462 g/mol. The smallest absolute Gasteiger partial charge is 0.191 e. The van der Waals surface area contributed by atoms with E-state index in [2.05, 4.69) is 34.6 Å². The quantitative estimate of drug-likeness (QED) is 0.351. The summed E-state index contributed by atoms with van der Waals surface area (Å²) in [4.78, 5) is 7.12. The average Bonchev–Trinajstić information content (AvgIpc) is 2.62. The van der Waals surface area contributed by atoms with Crippen LogP contribution in [-0.4, -0.2) is 63.9 Å². The third-order valence-electron chi connectivity index (χ3n) is 3.99. The van der Waals surface area contributed by atoms with E-state index >= 15 is 0 Å². The van der Waals surface area contributed by atoms with Gasteiger partial charge in [-0.2, -0.15) is 0 Å². The highest BCUT2D eigenvalue weighted by Crippen LogP contribution is 2.11. The number of nitrogens with zero attached hydrogens (tertiary/aromatic N) is 2. The number of ether oxygens (including phenoxy) is 2. The lowest BCUT2D eigenvalue weighted by atomic mass is 10.1. The summed E-state index contributed by atoms with van der Waals surface area (Å²) in [5, 5.41) is 6.72. The molecule has 1 fully saturated rings. The van der Waals surface area contributed by atoms with Crippen LogP contribution in [0.4, 0.5) is 0 Å². The van der Waals surface area contributed by atoms with Crippen LogP contribution in [0.5, 0.6) is 0 Å². The number of halogens is 1. The maximum Gasteiger partial charge on any atom is 0.191 e. The lowest BCUT2D eigenvalue weighted by Crippen LogP contribution is -2.44. The fourth-order valence-corrected chi connectivity index (χ4v) is 2.67. The molecule has 142 valence electrons. The van der Waals surface area contributed by atoms with Crippen LogP contribution >= 0.6 is 24.0 Å². The Morgan fingerprint density at radius 3 is 2.60 bits per heavy atom. The van der Waals surface area contributed by atoms with E-state index in [0.29, 0.717) is 13.2 Å². The molecular weight excluding hydrogens is 431 g/mol. The molecule has 1 aliphatic rings. The fraction of sp³-hybridized carbons (Fsp3) is 0.611. The predicted octanol–water partition coefficient (Wildman–Crippen LogP) is 1.84. The first-order valence-electron chi connectivity index (χ1n) is 8.71. The Balaban J connectivity index is 0.00000312. The number of morpholine rings is 1. The number of hydrogen-bond acceptors (Lipinski definition) is 4. The summed E-state index contributed by atoms with van der Waals surface area (Å²) >= 11 is 0. The second kappa shape index (κ2) is 13.3. The fourth-order valence-electron chi connectivity index (χ4n) is 2.67. The van der Waals surface area contributed by atoms with Crippen molar-refractivity contribution in [3.63, 3.8) is 0 Å². The molecule has 6 nitrogen and oxygen atoms in total. The summed E-state index contributed by atoms with van der Waals surface area (Å²) < 4.78 is 10.6. The van der Waals surface area contributed by atoms with Gasteiger partial charge in [-0.1, -0.05) is 24.3 Å². The molecular formula is C18H31IN4O2. The highest BCUT2D eigenvalue weighted by molar-refractivity contribution is 14.0. The number of methoxy groups -OCH3 is 1. The molecule has 0 unspecified atom stereocenters. The molecule has 1 aromatic carbocycles. The normalized spacial score (nSPS) is 15.5. The Morgan fingerprint density at radius 2 is 1.92 bits per heavy atom. The van der Waals surface area contributed by atoms with Gasteiger partial charge >= 0.3 is 0 Å². The topological polar surface area (TPSA) is 58.1 Å². The molecule has 1 aromatic rings. The van der Waals surface area contributed by atoms with Gasteiger partial charge in [0.15, 0.2) is 5.96 Å². The molecule has 0 spiro atoms. The minimum Gasteiger partial charge on any atom is -0.380 e. The molecule has 1 saturated heterocycles. The minimum atomic E-state index is 0. The van der Waals surface area contributed by atoms with Gasteiger partial charge in [0.25, 0.3) is 0 Å². The number of benzene rings is 1. The van der Waals surface area contributed by atoms with E-state index < -0.39 is 0 Å². The van der Waals surface area contributed by atoms with Gasteiger partial charge in [0.1, 0.15) is 0 Å². The van der Waals surface area contributed by atoms with Crippen LogP contribution in [0, 0.1) is 0 Å². The van der Waals surface area contributed by atoms with Crippen molar-refractivity contribution in [1.29, 1.82) is 0 Å². The molecule has 0 amide bonds. The second-order valence-corrected chi connectivity index (χ2v) is 5.78. The lowest BCUT2D eigenvalue weighted by molar-refractivity contribution is 0.0389. The zero-order valence-electron chi connectivity index (χ0n) is 15.3. The molecule has 1 aliphatic heterocycles. The molecule has 0 bridgehead atoms. The number of rotatable bonds is 8. The number of aliphatic imine (C=N–C) groups is 1. The third kappa shape index (κ3) is 8.35. The molecule has 0 aliphatic carbocycles. The molecule has 1 heterocycles. The van der Waals surface area contributed by atoms with Crippen LogP contribution in [-0.2, 0) is 22.6 Å². The Kier molecular flexibility index (Phi) is 11.8. The molecule has 0 atom stereocenters. The van der Waals surface area contributed by atoms with E-state index in [9.17, 15) is 0 Å². The van der Waals surface area contributed by atoms with Crippen molar-refractivity contribution in [3.8, 4) is 0 Å². The number of nitrogens with one attached hydrogen (secondary N) is 2. The van der Waals surface area contributed by atoms with Crippen LogP contribution < -0.4 is 10.6 Å². The summed E-state index contributed by atoms with van der Waals surface area (Å²) in [5.41, 5.74) is 2.39. The van der Waals surface area contributed by atoms with Crippen molar-refractivity contribution in [2.75, 3.05) is 53.0 Å². The van der Waals surface area contributed by atoms with Crippen LogP contribution in [0.1, 0.15) is 18.1 Å². The molecule has 0 radical (unpaired) electrons. The van der Waals surface area contributed by atoms with Crippen LogP contribution in [0.3, 0.4) is 0 Å². The van der Waals surface area contributed by atoms with E-state index in [4.69, 9.17) is 14.5 Å². The van der Waals surface area contributed by atoms with Crippen molar-refractivity contribution >= 4 is 29.9 Å². The van der Waals surface area contributed by atoms with Crippen molar-refractivity contribution in [2.24, 2.45) is 4.99 Å². The van der Waals surface area contributed by atoms with E-state index in [1.807, 2.05) is 12.1 Å². The van der Waals surface area contributed by atoms with E-state index in [-0.39, 0.29) is 24.0 Å². The second-order valence-electron chi connectivity index (χ2n) is 5.78. The third-order valence-corrected chi connectivity index (χ3v) is 3.99. The lowest BCUT2D eigenvalue weighted by Gasteiger charge is -2.26. The van der Waals surface area contributed by atoms with Gasteiger partial charge < -0.3 is 20.1 Å². The molecule has 25 heavy (non-hydrogen) atoms. The number of guanidine groups is 1. The van der Waals surface area contributed by atoms with Gasteiger partial charge in [-0.05, 0) is 18.1 Å². The summed E-state index contributed by atoms with van der Waals surface area (Å²) in [6.45, 7) is 9.79. The van der Waals surface area contributed by atoms with Crippen molar-refractivity contribution in [1.82, 2.24) is 15.5 Å².